The Balaban J connectivity index is 2.30. The van der Waals surface area contributed by atoms with Crippen molar-refractivity contribution in [2.75, 3.05) is 6.54 Å². The van der Waals surface area contributed by atoms with Crippen molar-refractivity contribution in [1.82, 2.24) is 14.9 Å². The van der Waals surface area contributed by atoms with E-state index in [1.165, 1.54) is 23.0 Å². The number of carbonyl (C=O) groups is 2. The van der Waals surface area contributed by atoms with Crippen molar-refractivity contribution >= 4 is 33.6 Å². The van der Waals surface area contributed by atoms with E-state index in [9.17, 15) is 19.5 Å². The Hall–Kier alpha value is -2.42. The first-order valence-corrected chi connectivity index (χ1v) is 8.02. The number of nitrogens with one attached hydrogen (secondary N) is 1. The van der Waals surface area contributed by atoms with Gasteiger partial charge in [0, 0.05) is 7.05 Å². The molecular formula is C15H19N3O5S. The number of ether oxygens (including phenoxy) is 1. The number of fused-ring (bicyclic) bond motifs is 1. The Labute approximate surface area is 142 Å². The van der Waals surface area contributed by atoms with Gasteiger partial charge >= 0.3 is 5.97 Å². The van der Waals surface area contributed by atoms with Gasteiger partial charge in [0.15, 0.2) is 11.4 Å². The SMILES string of the molecule is Cc1nc2c(s1)c(O)c(C(=O)NCC(=O)OC(C)(C)C)c(=O)n2C. The normalized spacial score (nSPS) is 11.5. The molecule has 0 aliphatic carbocycles. The maximum atomic E-state index is 12.3. The molecule has 0 spiro atoms. The van der Waals surface area contributed by atoms with Gasteiger partial charge in [0.2, 0.25) is 0 Å². The van der Waals surface area contributed by atoms with E-state index >= 15 is 0 Å². The first-order chi connectivity index (χ1) is 11.0. The van der Waals surface area contributed by atoms with Crippen molar-refractivity contribution in [1.29, 1.82) is 0 Å². The van der Waals surface area contributed by atoms with Crippen molar-refractivity contribution in [2.24, 2.45) is 7.05 Å². The number of amides is 1. The van der Waals surface area contributed by atoms with E-state index in [4.69, 9.17) is 4.74 Å². The van der Waals surface area contributed by atoms with Crippen LogP contribution in [0.1, 0.15) is 36.1 Å². The molecule has 0 unspecified atom stereocenters. The molecule has 0 aromatic carbocycles. The van der Waals surface area contributed by atoms with Crippen LogP contribution in [0.3, 0.4) is 0 Å². The number of aryl methyl sites for hydroxylation is 2. The van der Waals surface area contributed by atoms with Crippen LogP contribution in [0, 0.1) is 6.92 Å². The van der Waals surface area contributed by atoms with E-state index in [-0.39, 0.29) is 0 Å². The lowest BCUT2D eigenvalue weighted by molar-refractivity contribution is -0.153. The van der Waals surface area contributed by atoms with Crippen molar-refractivity contribution < 1.29 is 19.4 Å². The summed E-state index contributed by atoms with van der Waals surface area (Å²) in [5, 5.41) is 13.2. The van der Waals surface area contributed by atoms with Gasteiger partial charge in [-0.2, -0.15) is 0 Å². The van der Waals surface area contributed by atoms with Crippen LogP contribution in [-0.2, 0) is 16.6 Å². The second-order valence-corrected chi connectivity index (χ2v) is 7.45. The highest BCUT2D eigenvalue weighted by Crippen LogP contribution is 2.30. The maximum Gasteiger partial charge on any atom is 0.325 e. The summed E-state index contributed by atoms with van der Waals surface area (Å²) in [6, 6.07) is 0. The molecule has 0 aliphatic heterocycles. The van der Waals surface area contributed by atoms with Gasteiger partial charge in [0.25, 0.3) is 11.5 Å². The van der Waals surface area contributed by atoms with E-state index < -0.39 is 40.9 Å². The molecule has 1 amide bonds. The highest BCUT2D eigenvalue weighted by Gasteiger charge is 2.24. The van der Waals surface area contributed by atoms with Crippen LogP contribution in [0.25, 0.3) is 10.3 Å². The van der Waals surface area contributed by atoms with Gasteiger partial charge < -0.3 is 15.2 Å². The van der Waals surface area contributed by atoms with E-state index in [2.05, 4.69) is 10.3 Å². The van der Waals surface area contributed by atoms with Gasteiger partial charge in [-0.1, -0.05) is 0 Å². The molecule has 2 aromatic heterocycles. The molecule has 2 aromatic rings. The molecule has 24 heavy (non-hydrogen) atoms. The van der Waals surface area contributed by atoms with Gasteiger partial charge in [0.05, 0.1) is 5.01 Å². The number of carbonyl (C=O) groups excluding carboxylic acids is 2. The monoisotopic (exact) mass is 353 g/mol. The lowest BCUT2D eigenvalue weighted by Gasteiger charge is -2.19. The molecule has 2 rings (SSSR count). The number of pyridine rings is 1. The molecular weight excluding hydrogens is 334 g/mol. The van der Waals surface area contributed by atoms with Crippen LogP contribution in [0.4, 0.5) is 0 Å². The van der Waals surface area contributed by atoms with Crippen LogP contribution in [0.2, 0.25) is 0 Å². The van der Waals surface area contributed by atoms with Crippen LogP contribution in [-0.4, -0.2) is 38.7 Å². The summed E-state index contributed by atoms with van der Waals surface area (Å²) in [5.41, 5.74) is -1.48. The summed E-state index contributed by atoms with van der Waals surface area (Å²) in [5.74, 6) is -1.91. The average Bonchev–Trinajstić information content (AvgIpc) is 2.83. The zero-order chi connectivity index (χ0) is 18.2. The van der Waals surface area contributed by atoms with E-state index in [1.54, 1.807) is 27.7 Å². The van der Waals surface area contributed by atoms with Gasteiger partial charge in [-0.05, 0) is 27.7 Å². The van der Waals surface area contributed by atoms with Crippen molar-refractivity contribution in [3.05, 3.63) is 20.9 Å². The zero-order valence-electron chi connectivity index (χ0n) is 14.1. The summed E-state index contributed by atoms with van der Waals surface area (Å²) in [7, 11) is 1.47. The summed E-state index contributed by atoms with van der Waals surface area (Å²) < 4.78 is 6.61. The molecule has 0 saturated heterocycles. The van der Waals surface area contributed by atoms with Crippen molar-refractivity contribution in [3.63, 3.8) is 0 Å². The fraction of sp³-hybridized carbons (Fsp3) is 0.467. The third kappa shape index (κ3) is 3.56. The van der Waals surface area contributed by atoms with Gasteiger partial charge in [-0.25, -0.2) is 4.98 Å². The molecule has 9 heteroatoms. The number of esters is 1. The molecule has 0 radical (unpaired) electrons. The molecule has 130 valence electrons. The first-order valence-electron chi connectivity index (χ1n) is 7.20. The molecule has 0 bridgehead atoms. The Morgan fingerprint density at radius 1 is 1.38 bits per heavy atom. The van der Waals surface area contributed by atoms with Crippen LogP contribution in [0.15, 0.2) is 4.79 Å². The maximum absolute atomic E-state index is 12.3. The summed E-state index contributed by atoms with van der Waals surface area (Å²) in [6.45, 7) is 6.44. The summed E-state index contributed by atoms with van der Waals surface area (Å²) >= 11 is 1.17. The molecule has 0 fully saturated rings. The predicted octanol–water partition coefficient (Wildman–Crippen LogP) is 1.08. The highest BCUT2D eigenvalue weighted by atomic mass is 32.1. The molecule has 8 nitrogen and oxygen atoms in total. The minimum atomic E-state index is -0.841. The van der Waals surface area contributed by atoms with E-state index in [1.807, 2.05) is 0 Å². The minimum Gasteiger partial charge on any atom is -0.505 e. The standard InChI is InChI=1S/C15H19N3O5S/c1-7-17-12-11(24-7)10(20)9(14(22)18(12)5)13(21)16-6-8(19)23-15(2,3)4/h20H,6H2,1-5H3,(H,16,21). The highest BCUT2D eigenvalue weighted by molar-refractivity contribution is 7.18. The molecule has 0 saturated carbocycles. The Morgan fingerprint density at radius 3 is 2.58 bits per heavy atom. The first kappa shape index (κ1) is 17.9. The second-order valence-electron chi connectivity index (χ2n) is 6.24. The Kier molecular flexibility index (Phi) is 4.66. The van der Waals surface area contributed by atoms with Gasteiger partial charge in [-0.15, -0.1) is 11.3 Å². The average molecular weight is 353 g/mol. The topological polar surface area (TPSA) is 111 Å². The van der Waals surface area contributed by atoms with Gasteiger partial charge in [0.1, 0.15) is 22.4 Å². The number of aromatic nitrogens is 2. The number of rotatable bonds is 3. The summed E-state index contributed by atoms with van der Waals surface area (Å²) in [4.78, 5) is 40.4. The lowest BCUT2D eigenvalue weighted by atomic mass is 10.2. The number of aromatic hydroxyl groups is 1. The number of hydrogen-bond donors (Lipinski definition) is 2. The third-order valence-electron chi connectivity index (χ3n) is 3.04. The van der Waals surface area contributed by atoms with Crippen LogP contribution >= 0.6 is 11.3 Å². The zero-order valence-corrected chi connectivity index (χ0v) is 14.9. The van der Waals surface area contributed by atoms with E-state index in [0.717, 1.165) is 0 Å². The third-order valence-corrected chi connectivity index (χ3v) is 4.01. The molecule has 0 atom stereocenters. The summed E-state index contributed by atoms with van der Waals surface area (Å²) in [6.07, 6.45) is 0. The smallest absolute Gasteiger partial charge is 0.325 e. The minimum absolute atomic E-state index is 0.309. The predicted molar refractivity (Wildman–Crippen MR) is 89.4 cm³/mol. The molecule has 0 aliphatic rings. The fourth-order valence-electron chi connectivity index (χ4n) is 2.10. The molecule has 2 N–H and O–H groups in total. The van der Waals surface area contributed by atoms with Crippen LogP contribution < -0.4 is 10.9 Å². The van der Waals surface area contributed by atoms with Crippen LogP contribution in [0.5, 0.6) is 5.75 Å². The quantitative estimate of drug-likeness (QED) is 0.799. The second kappa shape index (κ2) is 6.23. The fourth-order valence-corrected chi connectivity index (χ4v) is 3.00. The number of nitrogens with zero attached hydrogens (tertiary/aromatic N) is 2. The largest absolute Gasteiger partial charge is 0.505 e. The lowest BCUT2D eigenvalue weighted by Crippen LogP contribution is -2.37. The van der Waals surface area contributed by atoms with Crippen molar-refractivity contribution in [2.45, 2.75) is 33.3 Å². The van der Waals surface area contributed by atoms with Crippen molar-refractivity contribution in [3.8, 4) is 5.75 Å². The Bertz CT molecular complexity index is 876. The van der Waals surface area contributed by atoms with E-state index in [0.29, 0.717) is 15.4 Å². The van der Waals surface area contributed by atoms with Gasteiger partial charge in [-0.3, -0.25) is 19.0 Å². The number of hydrogen-bond acceptors (Lipinski definition) is 7. The Morgan fingerprint density at radius 2 is 2.00 bits per heavy atom. The number of thiazole rings is 1. The molecule has 2 heterocycles.